The lowest BCUT2D eigenvalue weighted by Gasteiger charge is -2.37. The molecule has 1 aliphatic heterocycles. The van der Waals surface area contributed by atoms with Crippen LogP contribution >= 0.6 is 0 Å². The second kappa shape index (κ2) is 12.1. The molecule has 0 amide bonds. The Morgan fingerprint density at radius 3 is 2.43 bits per heavy atom. The van der Waals surface area contributed by atoms with Crippen molar-refractivity contribution in [1.29, 1.82) is 0 Å². The van der Waals surface area contributed by atoms with Gasteiger partial charge in [-0.3, -0.25) is 4.90 Å². The van der Waals surface area contributed by atoms with Crippen molar-refractivity contribution < 1.29 is 9.84 Å². The van der Waals surface area contributed by atoms with Crippen LogP contribution in [0, 0.1) is 13.8 Å². The summed E-state index contributed by atoms with van der Waals surface area (Å²) in [5, 5.41) is 10.3. The van der Waals surface area contributed by atoms with Crippen LogP contribution in [0.3, 0.4) is 0 Å². The van der Waals surface area contributed by atoms with Crippen LogP contribution in [0.5, 0.6) is 0 Å². The van der Waals surface area contributed by atoms with E-state index >= 15 is 0 Å². The van der Waals surface area contributed by atoms with Gasteiger partial charge >= 0.3 is 0 Å². The molecule has 0 aliphatic carbocycles. The van der Waals surface area contributed by atoms with Crippen molar-refractivity contribution in [2.75, 3.05) is 50.8 Å². The van der Waals surface area contributed by atoms with Crippen molar-refractivity contribution in [3.63, 3.8) is 0 Å². The summed E-state index contributed by atoms with van der Waals surface area (Å²) in [5.41, 5.74) is 5.82. The molecule has 2 aromatic carbocycles. The molecule has 1 atom stereocenters. The first kappa shape index (κ1) is 25.0. The molecule has 1 N–H and O–H groups in total. The lowest BCUT2D eigenvalue weighted by molar-refractivity contribution is 0.0252. The Bertz CT molecular complexity index is 1110. The van der Waals surface area contributed by atoms with Crippen LogP contribution in [0.15, 0.2) is 67.3 Å². The van der Waals surface area contributed by atoms with Crippen molar-refractivity contribution in [2.45, 2.75) is 26.4 Å². The highest BCUT2D eigenvalue weighted by Gasteiger charge is 2.24. The fourth-order valence-electron chi connectivity index (χ4n) is 4.55. The summed E-state index contributed by atoms with van der Waals surface area (Å²) in [4.78, 5) is 14.7. The molecule has 1 aliphatic rings. The topological polar surface area (TPSA) is 61.7 Å². The van der Waals surface area contributed by atoms with E-state index in [2.05, 4.69) is 66.6 Å². The van der Waals surface area contributed by atoms with Crippen LogP contribution in [0.25, 0.3) is 11.4 Å². The Morgan fingerprint density at radius 2 is 1.71 bits per heavy atom. The lowest BCUT2D eigenvalue weighted by atomic mass is 9.99. The first-order valence-electron chi connectivity index (χ1n) is 12.4. The summed E-state index contributed by atoms with van der Waals surface area (Å²) in [5.74, 6) is 1.79. The van der Waals surface area contributed by atoms with Gasteiger partial charge in [-0.1, -0.05) is 60.7 Å². The molecule has 1 saturated heterocycles. The van der Waals surface area contributed by atoms with Gasteiger partial charge in [-0.05, 0) is 25.0 Å². The van der Waals surface area contributed by atoms with Crippen molar-refractivity contribution >= 4 is 5.82 Å². The maximum atomic E-state index is 10.3. The molecule has 35 heavy (non-hydrogen) atoms. The third-order valence-corrected chi connectivity index (χ3v) is 6.54. The first-order chi connectivity index (χ1) is 17.0. The van der Waals surface area contributed by atoms with Gasteiger partial charge in [0.25, 0.3) is 0 Å². The molecule has 6 heteroatoms. The van der Waals surface area contributed by atoms with E-state index in [1.165, 1.54) is 16.7 Å². The molecule has 0 radical (unpaired) electrons. The number of aliphatic hydroxyl groups is 1. The summed E-state index contributed by atoms with van der Waals surface area (Å²) < 4.78 is 5.40. The number of piperazine rings is 1. The molecule has 0 saturated carbocycles. The number of aliphatic hydroxyl groups excluding tert-OH is 1. The van der Waals surface area contributed by atoms with Crippen LogP contribution < -0.4 is 4.90 Å². The number of hydrogen-bond donors (Lipinski definition) is 1. The Morgan fingerprint density at radius 1 is 1.00 bits per heavy atom. The van der Waals surface area contributed by atoms with Gasteiger partial charge in [0.15, 0.2) is 5.82 Å². The van der Waals surface area contributed by atoms with E-state index in [0.29, 0.717) is 19.8 Å². The van der Waals surface area contributed by atoms with E-state index in [1.807, 2.05) is 18.2 Å². The van der Waals surface area contributed by atoms with Crippen LogP contribution in [0.2, 0.25) is 0 Å². The zero-order chi connectivity index (χ0) is 24.6. The Balaban J connectivity index is 1.56. The summed E-state index contributed by atoms with van der Waals surface area (Å²) in [6, 6.07) is 18.7. The average Bonchev–Trinajstić information content (AvgIpc) is 2.87. The third-order valence-electron chi connectivity index (χ3n) is 6.54. The van der Waals surface area contributed by atoms with Gasteiger partial charge in [-0.2, -0.15) is 0 Å². The zero-order valence-electron chi connectivity index (χ0n) is 20.9. The Hall–Kier alpha value is -3.06. The number of hydrogen-bond acceptors (Lipinski definition) is 6. The minimum atomic E-state index is -0.496. The quantitative estimate of drug-likeness (QED) is 0.355. The molecule has 4 rings (SSSR count). The van der Waals surface area contributed by atoms with Crippen LogP contribution in [-0.4, -0.2) is 72.0 Å². The van der Waals surface area contributed by atoms with Gasteiger partial charge < -0.3 is 14.7 Å². The predicted octanol–water partition coefficient (Wildman–Crippen LogP) is 4.04. The van der Waals surface area contributed by atoms with Gasteiger partial charge in [0.05, 0.1) is 19.3 Å². The number of ether oxygens (including phenoxy) is 1. The van der Waals surface area contributed by atoms with E-state index in [0.717, 1.165) is 55.5 Å². The highest BCUT2D eigenvalue weighted by Crippen LogP contribution is 2.29. The highest BCUT2D eigenvalue weighted by molar-refractivity contribution is 5.61. The number of nitrogens with zero attached hydrogens (tertiary/aromatic N) is 4. The van der Waals surface area contributed by atoms with Gasteiger partial charge in [-0.15, -0.1) is 6.58 Å². The fraction of sp³-hybridized carbons (Fsp3) is 0.379. The van der Waals surface area contributed by atoms with Crippen LogP contribution in [0.4, 0.5) is 5.82 Å². The zero-order valence-corrected chi connectivity index (χ0v) is 20.9. The van der Waals surface area contributed by atoms with Crippen molar-refractivity contribution in [2.24, 2.45) is 0 Å². The standard InChI is InChI=1S/C29H36N4O2/c1-4-18-35-21-26(34)20-32-14-16-33(17-15-32)29-27(19-25-13-9-8-10-22(25)2)23(3)30-28(31-29)24-11-6-5-7-12-24/h4-13,26,34H,1,14-21H2,2-3H3. The van der Waals surface area contributed by atoms with E-state index < -0.39 is 6.10 Å². The minimum Gasteiger partial charge on any atom is -0.389 e. The Labute approximate surface area is 208 Å². The second-order valence-electron chi connectivity index (χ2n) is 9.17. The number of benzene rings is 2. The van der Waals surface area contributed by atoms with Crippen molar-refractivity contribution in [3.05, 3.63) is 89.6 Å². The van der Waals surface area contributed by atoms with Crippen molar-refractivity contribution in [1.82, 2.24) is 14.9 Å². The molecule has 0 spiro atoms. The first-order valence-corrected chi connectivity index (χ1v) is 12.4. The SMILES string of the molecule is C=CCOCC(O)CN1CCN(c2nc(-c3ccccc3)nc(C)c2Cc2ccccc2C)CC1. The minimum absolute atomic E-state index is 0.332. The summed E-state index contributed by atoms with van der Waals surface area (Å²) in [6.45, 7) is 12.8. The molecule has 1 unspecified atom stereocenters. The predicted molar refractivity (Wildman–Crippen MR) is 142 cm³/mol. The third kappa shape index (κ3) is 6.54. The largest absolute Gasteiger partial charge is 0.389 e. The van der Waals surface area contributed by atoms with Crippen molar-refractivity contribution in [3.8, 4) is 11.4 Å². The lowest BCUT2D eigenvalue weighted by Crippen LogP contribution is -2.49. The Kier molecular flexibility index (Phi) is 8.64. The molecule has 184 valence electrons. The summed E-state index contributed by atoms with van der Waals surface area (Å²) in [7, 11) is 0. The van der Waals surface area contributed by atoms with Crippen LogP contribution in [0.1, 0.15) is 22.4 Å². The maximum Gasteiger partial charge on any atom is 0.161 e. The molecule has 3 aromatic rings. The number of rotatable bonds is 10. The van der Waals surface area contributed by atoms with E-state index in [-0.39, 0.29) is 0 Å². The number of aromatic nitrogens is 2. The van der Waals surface area contributed by atoms with E-state index in [9.17, 15) is 5.11 Å². The highest BCUT2D eigenvalue weighted by atomic mass is 16.5. The molecule has 1 fully saturated rings. The average molecular weight is 473 g/mol. The summed E-state index contributed by atoms with van der Waals surface area (Å²) in [6.07, 6.45) is 2.01. The van der Waals surface area contributed by atoms with Gasteiger partial charge in [0.1, 0.15) is 5.82 Å². The van der Waals surface area contributed by atoms with Gasteiger partial charge in [0, 0.05) is 56.0 Å². The van der Waals surface area contributed by atoms with E-state index in [1.54, 1.807) is 6.08 Å². The summed E-state index contributed by atoms with van der Waals surface area (Å²) >= 11 is 0. The maximum absolute atomic E-state index is 10.3. The molecule has 0 bridgehead atoms. The molecular weight excluding hydrogens is 436 g/mol. The fourth-order valence-corrected chi connectivity index (χ4v) is 4.55. The molecule has 1 aromatic heterocycles. The van der Waals surface area contributed by atoms with Crippen LogP contribution in [-0.2, 0) is 11.2 Å². The second-order valence-corrected chi connectivity index (χ2v) is 9.17. The molecule has 6 nitrogen and oxygen atoms in total. The number of aryl methyl sites for hydroxylation is 2. The molecule has 2 heterocycles. The number of anilines is 1. The smallest absolute Gasteiger partial charge is 0.161 e. The monoisotopic (exact) mass is 472 g/mol. The van der Waals surface area contributed by atoms with Gasteiger partial charge in [0.2, 0.25) is 0 Å². The van der Waals surface area contributed by atoms with Gasteiger partial charge in [-0.25, -0.2) is 9.97 Å². The normalized spacial score (nSPS) is 15.2. The number of β-amino-alcohol motifs (C(OH)–C–C–N with tert-alkyl or cyclic N) is 1. The van der Waals surface area contributed by atoms with E-state index in [4.69, 9.17) is 14.7 Å². The molecular formula is C29H36N4O2.